The Bertz CT molecular complexity index is 1050. The van der Waals surface area contributed by atoms with Gasteiger partial charge in [-0.2, -0.15) is 5.10 Å². The van der Waals surface area contributed by atoms with Crippen molar-refractivity contribution in [3.05, 3.63) is 75.9 Å². The first-order valence-electron chi connectivity index (χ1n) is 8.71. The molecule has 1 unspecified atom stereocenters. The van der Waals surface area contributed by atoms with Gasteiger partial charge in [-0.15, -0.1) is 0 Å². The molecule has 0 bridgehead atoms. The number of amides is 1. The van der Waals surface area contributed by atoms with Gasteiger partial charge in [-0.3, -0.25) is 9.59 Å². The van der Waals surface area contributed by atoms with Gasteiger partial charge in [0.2, 0.25) is 5.91 Å². The van der Waals surface area contributed by atoms with Gasteiger partial charge in [0.1, 0.15) is 5.82 Å². The molecule has 2 aromatic carbocycles. The fourth-order valence-electron chi connectivity index (χ4n) is 3.56. The lowest BCUT2D eigenvalue weighted by molar-refractivity contribution is -0.116. The molecule has 0 aliphatic carbocycles. The number of nitrogens with zero attached hydrogens (tertiary/aromatic N) is 2. The Balaban J connectivity index is 1.83. The summed E-state index contributed by atoms with van der Waals surface area (Å²) < 4.78 is 1.72. The van der Waals surface area contributed by atoms with Gasteiger partial charge in [0, 0.05) is 22.6 Å². The summed E-state index contributed by atoms with van der Waals surface area (Å²) in [6.07, 6.45) is 0.106. The van der Waals surface area contributed by atoms with Crippen LogP contribution in [0.25, 0.3) is 5.69 Å². The van der Waals surface area contributed by atoms with Crippen LogP contribution in [0.4, 0.5) is 5.82 Å². The Morgan fingerprint density at radius 2 is 1.85 bits per heavy atom. The number of halogens is 1. The summed E-state index contributed by atoms with van der Waals surface area (Å²) in [7, 11) is 0. The number of para-hydroxylation sites is 1. The standard InChI is InChI=1S/C21H18ClN3O2/c1-12-5-3-4-6-17(12)25-21-19(13(2)24-25)16(11-18(26)23-21)20(27)14-7-9-15(22)10-8-14/h3-10,16H,11H2,1-2H3,(H,23,26). The number of rotatable bonds is 3. The highest BCUT2D eigenvalue weighted by Gasteiger charge is 2.36. The molecule has 1 N–H and O–H groups in total. The molecule has 1 aliphatic rings. The van der Waals surface area contributed by atoms with Crippen molar-refractivity contribution >= 4 is 29.1 Å². The normalized spacial score (nSPS) is 16.0. The van der Waals surface area contributed by atoms with E-state index in [4.69, 9.17) is 11.6 Å². The van der Waals surface area contributed by atoms with Crippen LogP contribution in [-0.2, 0) is 4.79 Å². The maximum atomic E-state index is 13.1. The SMILES string of the molecule is Cc1ccccc1-n1nc(C)c2c1NC(=O)CC2C(=O)c1ccc(Cl)cc1. The van der Waals surface area contributed by atoms with Crippen molar-refractivity contribution in [2.75, 3.05) is 5.32 Å². The number of hydrogen-bond donors (Lipinski definition) is 1. The van der Waals surface area contributed by atoms with E-state index >= 15 is 0 Å². The van der Waals surface area contributed by atoms with E-state index in [0.29, 0.717) is 16.4 Å². The number of aryl methyl sites for hydroxylation is 2. The molecule has 1 atom stereocenters. The first-order valence-corrected chi connectivity index (χ1v) is 9.08. The van der Waals surface area contributed by atoms with Crippen LogP contribution in [0.5, 0.6) is 0 Å². The second-order valence-electron chi connectivity index (χ2n) is 6.72. The van der Waals surface area contributed by atoms with Crippen LogP contribution >= 0.6 is 11.6 Å². The molecule has 4 rings (SSSR count). The largest absolute Gasteiger partial charge is 0.310 e. The van der Waals surface area contributed by atoms with Crippen LogP contribution in [0, 0.1) is 13.8 Å². The Hall–Kier alpha value is -2.92. The molecular weight excluding hydrogens is 362 g/mol. The van der Waals surface area contributed by atoms with E-state index in [-0.39, 0.29) is 18.1 Å². The highest BCUT2D eigenvalue weighted by Crippen LogP contribution is 2.38. The molecule has 3 aromatic rings. The number of ketones is 1. The van der Waals surface area contributed by atoms with E-state index in [9.17, 15) is 9.59 Å². The van der Waals surface area contributed by atoms with Crippen LogP contribution in [0.1, 0.15) is 39.5 Å². The first-order chi connectivity index (χ1) is 13.0. The number of hydrogen-bond acceptors (Lipinski definition) is 3. The third-order valence-electron chi connectivity index (χ3n) is 4.89. The van der Waals surface area contributed by atoms with Crippen molar-refractivity contribution in [1.29, 1.82) is 0 Å². The fraction of sp³-hybridized carbons (Fsp3) is 0.190. The van der Waals surface area contributed by atoms with Crippen LogP contribution in [0.2, 0.25) is 5.02 Å². The Morgan fingerprint density at radius 1 is 1.15 bits per heavy atom. The van der Waals surface area contributed by atoms with E-state index < -0.39 is 5.92 Å². The molecule has 1 aromatic heterocycles. The van der Waals surface area contributed by atoms with Gasteiger partial charge in [-0.05, 0) is 49.7 Å². The second-order valence-corrected chi connectivity index (χ2v) is 7.16. The maximum Gasteiger partial charge on any atom is 0.226 e. The van der Waals surface area contributed by atoms with Crippen LogP contribution < -0.4 is 5.32 Å². The number of carbonyl (C=O) groups is 2. The molecule has 1 amide bonds. The van der Waals surface area contributed by atoms with E-state index in [1.165, 1.54) is 0 Å². The minimum Gasteiger partial charge on any atom is -0.310 e. The number of carbonyl (C=O) groups excluding carboxylic acids is 2. The number of benzene rings is 2. The monoisotopic (exact) mass is 379 g/mol. The third-order valence-corrected chi connectivity index (χ3v) is 5.14. The maximum absolute atomic E-state index is 13.1. The van der Waals surface area contributed by atoms with Crippen molar-refractivity contribution < 1.29 is 9.59 Å². The first kappa shape index (κ1) is 17.5. The van der Waals surface area contributed by atoms with Gasteiger partial charge in [0.25, 0.3) is 0 Å². The Morgan fingerprint density at radius 3 is 2.56 bits per heavy atom. The van der Waals surface area contributed by atoms with Crippen molar-refractivity contribution in [3.8, 4) is 5.69 Å². The molecule has 1 aliphatic heterocycles. The average molecular weight is 380 g/mol. The summed E-state index contributed by atoms with van der Waals surface area (Å²) in [5.41, 5.74) is 3.96. The molecule has 0 saturated heterocycles. The minimum absolute atomic E-state index is 0.102. The van der Waals surface area contributed by atoms with Crippen LogP contribution in [-0.4, -0.2) is 21.5 Å². The number of aromatic nitrogens is 2. The molecule has 27 heavy (non-hydrogen) atoms. The molecule has 0 saturated carbocycles. The lowest BCUT2D eigenvalue weighted by Crippen LogP contribution is -2.28. The van der Waals surface area contributed by atoms with E-state index in [1.54, 1.807) is 28.9 Å². The Labute approximate surface area is 162 Å². The van der Waals surface area contributed by atoms with Gasteiger partial charge < -0.3 is 5.32 Å². The number of Topliss-reactive ketones (excluding diaryl/α,β-unsaturated/α-hetero) is 1. The molecular formula is C21H18ClN3O2. The predicted molar refractivity (Wildman–Crippen MR) is 105 cm³/mol. The molecule has 5 nitrogen and oxygen atoms in total. The van der Waals surface area contributed by atoms with Gasteiger partial charge in [-0.25, -0.2) is 4.68 Å². The van der Waals surface area contributed by atoms with Crippen molar-refractivity contribution in [2.24, 2.45) is 0 Å². The summed E-state index contributed by atoms with van der Waals surface area (Å²) in [6.45, 7) is 3.85. The molecule has 6 heteroatoms. The van der Waals surface area contributed by atoms with E-state index in [1.807, 2.05) is 38.1 Å². The molecule has 0 radical (unpaired) electrons. The van der Waals surface area contributed by atoms with Crippen molar-refractivity contribution in [3.63, 3.8) is 0 Å². The van der Waals surface area contributed by atoms with Crippen molar-refractivity contribution in [2.45, 2.75) is 26.2 Å². The molecule has 136 valence electrons. The number of fused-ring (bicyclic) bond motifs is 1. The van der Waals surface area contributed by atoms with Gasteiger partial charge in [0.05, 0.1) is 17.3 Å². The lowest BCUT2D eigenvalue weighted by Gasteiger charge is -2.23. The highest BCUT2D eigenvalue weighted by atomic mass is 35.5. The summed E-state index contributed by atoms with van der Waals surface area (Å²) in [4.78, 5) is 25.5. The summed E-state index contributed by atoms with van der Waals surface area (Å²) >= 11 is 5.93. The quantitative estimate of drug-likeness (QED) is 0.684. The smallest absolute Gasteiger partial charge is 0.226 e. The van der Waals surface area contributed by atoms with Gasteiger partial charge in [-0.1, -0.05) is 29.8 Å². The molecule has 0 spiro atoms. The van der Waals surface area contributed by atoms with Crippen LogP contribution in [0.3, 0.4) is 0 Å². The molecule has 0 fully saturated rings. The third kappa shape index (κ3) is 3.04. The molecule has 2 heterocycles. The Kier molecular flexibility index (Phi) is 4.32. The second kappa shape index (κ2) is 6.67. The number of nitrogens with one attached hydrogen (secondary N) is 1. The van der Waals surface area contributed by atoms with E-state index in [0.717, 1.165) is 22.5 Å². The topological polar surface area (TPSA) is 64.0 Å². The van der Waals surface area contributed by atoms with Crippen LogP contribution in [0.15, 0.2) is 48.5 Å². The zero-order chi connectivity index (χ0) is 19.1. The van der Waals surface area contributed by atoms with Gasteiger partial charge >= 0.3 is 0 Å². The summed E-state index contributed by atoms with van der Waals surface area (Å²) in [6, 6.07) is 14.6. The van der Waals surface area contributed by atoms with Gasteiger partial charge in [0.15, 0.2) is 5.78 Å². The summed E-state index contributed by atoms with van der Waals surface area (Å²) in [5, 5.41) is 8.10. The average Bonchev–Trinajstić information content (AvgIpc) is 2.98. The minimum atomic E-state index is -0.562. The summed E-state index contributed by atoms with van der Waals surface area (Å²) in [5.74, 6) is -0.280. The zero-order valence-corrected chi connectivity index (χ0v) is 15.7. The number of anilines is 1. The van der Waals surface area contributed by atoms with E-state index in [2.05, 4.69) is 10.4 Å². The predicted octanol–water partition coefficient (Wildman–Crippen LogP) is 4.45. The zero-order valence-electron chi connectivity index (χ0n) is 15.0. The van der Waals surface area contributed by atoms with Crippen molar-refractivity contribution in [1.82, 2.24) is 9.78 Å². The fourth-order valence-corrected chi connectivity index (χ4v) is 3.69. The lowest BCUT2D eigenvalue weighted by atomic mass is 9.85. The highest BCUT2D eigenvalue weighted by molar-refractivity contribution is 6.30.